The van der Waals surface area contributed by atoms with Crippen LogP contribution in [-0.2, 0) is 88.0 Å². The Morgan fingerprint density at radius 3 is 1.18 bits per heavy atom. The van der Waals surface area contributed by atoms with Crippen molar-refractivity contribution in [3.63, 3.8) is 0 Å². The molecule has 0 unspecified atom stereocenters. The number of H-pyrrole nitrogens is 2. The molecule has 6 aliphatic rings. The van der Waals surface area contributed by atoms with E-state index < -0.39 is 155 Å². The lowest BCUT2D eigenvalue weighted by atomic mass is 9.84. The average molecular weight is 1850 g/mol. The molecule has 22 N–H and O–H groups in total. The summed E-state index contributed by atoms with van der Waals surface area (Å²) in [5, 5.41) is 36.6. The van der Waals surface area contributed by atoms with E-state index in [1.807, 2.05) is 109 Å². The second-order valence-corrected chi connectivity index (χ2v) is 36.3. The molecule has 2 saturated carbocycles. The van der Waals surface area contributed by atoms with Gasteiger partial charge < -0.3 is 107 Å². The molecule has 4 aliphatic heterocycles. The van der Waals surface area contributed by atoms with Gasteiger partial charge in [-0.05, 0) is 148 Å². The van der Waals surface area contributed by atoms with Crippen LogP contribution in [0.1, 0.15) is 194 Å². The summed E-state index contributed by atoms with van der Waals surface area (Å²) in [6.45, 7) is 2.30. The molecule has 2 aromatic heterocycles. The number of hydrogen-bond donors (Lipinski definition) is 18. The van der Waals surface area contributed by atoms with Gasteiger partial charge in [0.25, 0.3) is 5.91 Å². The van der Waals surface area contributed by atoms with E-state index in [-0.39, 0.29) is 127 Å². The van der Waals surface area contributed by atoms with E-state index in [4.69, 9.17) is 22.9 Å². The zero-order chi connectivity index (χ0) is 95.7. The van der Waals surface area contributed by atoms with Gasteiger partial charge in [0.15, 0.2) is 11.9 Å². The Morgan fingerprint density at radius 1 is 0.400 bits per heavy atom. The molecular weight excluding hydrogens is 1720 g/mol. The molecule has 0 spiro atoms. The third-order valence-corrected chi connectivity index (χ3v) is 26.2. The largest absolute Gasteiger partial charge is 0.370 e. The molecule has 12 atom stereocenters. The molecule has 13 rings (SSSR count). The molecule has 36 nitrogen and oxygen atoms in total. The Kier molecular flexibility index (Phi) is 37.4. The normalized spacial score (nSPS) is 23.0. The molecule has 36 heteroatoms. The first-order valence-corrected chi connectivity index (χ1v) is 47.8. The summed E-state index contributed by atoms with van der Waals surface area (Å²) in [7, 11) is 0. The summed E-state index contributed by atoms with van der Waals surface area (Å²) in [5.74, 6) is -7.30. The van der Waals surface area contributed by atoms with E-state index in [1.54, 1.807) is 42.7 Å². The SMILES string of the molecule is CC(=O)N[C@@H](Cc1ccccc1)C(=O)N[C@H]1CCCNC(=O)[C@H](CCCN=C(N)N)NC(=O)[C@H](Cc2c[nH]c3ccccc23)NC(=O)[C@@H](CC2CCCCC2)NC(=O)[C@@H]2CCCN2C1=O.NC(N)=NCCC[C@@H]1NC(=O)[C@H](Cc2c[nH]c3ccccc23)NC(=O)[C@@H](CC2CCCCC2)NC(=O)[C@@H]2CCCN2C(=O)[C@@H](NC(=O)[C@H](Cc2ccccc2)NC(=O)c2ccccc2)CCCNC1=O. The number of nitrogens with zero attached hydrogens (tertiary/aromatic N) is 4. The minimum atomic E-state index is -1.16. The topological polar surface area (TPSA) is 550 Å². The van der Waals surface area contributed by atoms with E-state index in [1.165, 1.54) is 16.7 Å². The standard InChI is InChI=1S/C52H67N11O7.C47H65N11O7/c53-52(54)56-27-12-23-39-46(65)55-26-13-24-40(59-47(66)41(29-33-15-4-1-5-16-33)60-45(64)35-19-8-3-9-20-35)51(70)63-28-14-25-44(63)50(69)62-42(30-34-17-6-2-7-18-34)48(67)61-43(49(68)58-39)31-36-32-57-38-22-11-10-21-37(36)38;1-29(59)53-37(25-30-13-4-2-5-14-30)42(61)55-36-20-11-22-50-41(60)35(19-10-23-51-47(48)49)54-44(63)39(27-32-28-52-34-18-9-8-17-33(32)34)56-43(62)38(26-31-15-6-3-7-16-31)57-45(64)40-21-12-24-58(40)46(36)65/h1,3-5,8-11,15-16,19-22,32,34,39-44,57H,2,6-7,12-14,17-18,23-31H2,(H,55,65)(H,58,68)(H,59,66)(H,60,64)(H,61,67)(H,62,69)(H4,53,54,56);2,4-5,8-9,13-14,17-18,28,31,35-40,52H,3,6-7,10-12,15-16,19-27H2,1H3,(H,50,60)(H,53,59)(H,54,63)(H,55,61)(H,56,62)(H,57,64)(H4,48,49,51)/t39-,40-,41-,42+,43-,44-;35-,36-,37-,38+,39-,40-/m00/s1. The average Bonchev–Trinajstić information content (AvgIpc) is 1.66. The van der Waals surface area contributed by atoms with E-state index >= 15 is 0 Å². The van der Waals surface area contributed by atoms with Crippen LogP contribution in [0.25, 0.3) is 21.8 Å². The first kappa shape index (κ1) is 100. The minimum Gasteiger partial charge on any atom is -0.370 e. The number of aromatic nitrogens is 2. The maximum absolute atomic E-state index is 14.8. The van der Waals surface area contributed by atoms with Crippen LogP contribution in [0, 0.1) is 11.8 Å². The molecule has 0 radical (unpaired) electrons. The molecule has 6 heterocycles. The maximum Gasteiger partial charge on any atom is 0.251 e. The number of amides is 14. The number of hydrogen-bond acceptors (Lipinski definition) is 16. The lowest BCUT2D eigenvalue weighted by Crippen LogP contribution is -2.60. The highest BCUT2D eigenvalue weighted by molar-refractivity contribution is 6.02. The summed E-state index contributed by atoms with van der Waals surface area (Å²) >= 11 is 0. The van der Waals surface area contributed by atoms with Gasteiger partial charge in [0.05, 0.1) is 0 Å². The molecule has 5 aromatic carbocycles. The van der Waals surface area contributed by atoms with Crippen LogP contribution in [0.2, 0.25) is 0 Å². The van der Waals surface area contributed by atoms with Crippen LogP contribution in [0.15, 0.2) is 162 Å². The number of carbonyl (C=O) groups excluding carboxylic acids is 14. The van der Waals surface area contributed by atoms with Gasteiger partial charge in [0.1, 0.15) is 72.5 Å². The fourth-order valence-corrected chi connectivity index (χ4v) is 19.1. The fourth-order valence-electron chi connectivity index (χ4n) is 19.1. The van der Waals surface area contributed by atoms with Crippen molar-refractivity contribution < 1.29 is 67.1 Å². The number of aromatic amines is 2. The van der Waals surface area contributed by atoms with Crippen molar-refractivity contribution in [1.82, 2.24) is 83.6 Å². The molecule has 722 valence electrons. The summed E-state index contributed by atoms with van der Waals surface area (Å²) in [6, 6.07) is 29.3. The van der Waals surface area contributed by atoms with Gasteiger partial charge in [-0.1, -0.05) is 179 Å². The monoisotopic (exact) mass is 1850 g/mol. The maximum atomic E-state index is 14.8. The van der Waals surface area contributed by atoms with Crippen molar-refractivity contribution in [3.05, 3.63) is 180 Å². The summed E-state index contributed by atoms with van der Waals surface area (Å²) < 4.78 is 0. The molecule has 7 aromatic rings. The molecule has 2 aliphatic carbocycles. The van der Waals surface area contributed by atoms with E-state index in [9.17, 15) is 67.1 Å². The van der Waals surface area contributed by atoms with Gasteiger partial charge in [-0.3, -0.25) is 77.1 Å². The Balaban J connectivity index is 0.000000244. The second kappa shape index (κ2) is 50.4. The highest BCUT2D eigenvalue weighted by Gasteiger charge is 2.44. The number of nitrogens with two attached hydrogens (primary N) is 4. The Labute approximate surface area is 786 Å². The van der Waals surface area contributed by atoms with Gasteiger partial charge >= 0.3 is 0 Å². The van der Waals surface area contributed by atoms with Crippen LogP contribution in [-0.4, -0.2) is 226 Å². The van der Waals surface area contributed by atoms with Crippen LogP contribution < -0.4 is 86.7 Å². The van der Waals surface area contributed by atoms with Crippen LogP contribution in [0.5, 0.6) is 0 Å². The van der Waals surface area contributed by atoms with Crippen molar-refractivity contribution in [1.29, 1.82) is 0 Å². The van der Waals surface area contributed by atoms with Crippen molar-refractivity contribution in [3.8, 4) is 0 Å². The van der Waals surface area contributed by atoms with Crippen LogP contribution in [0.4, 0.5) is 0 Å². The first-order valence-electron chi connectivity index (χ1n) is 47.8. The Hall–Kier alpha value is -13.7. The van der Waals surface area contributed by atoms with Crippen molar-refractivity contribution >= 4 is 116 Å². The fraction of sp³-hybridized carbons (Fsp3) is 0.495. The Bertz CT molecular complexity index is 5280. The third kappa shape index (κ3) is 29.6. The summed E-state index contributed by atoms with van der Waals surface area (Å²) in [4.78, 5) is 216. The first-order chi connectivity index (χ1) is 65.3. The molecular formula is C99H132N22O14. The molecule has 0 bridgehead atoms. The lowest BCUT2D eigenvalue weighted by Gasteiger charge is -2.32. The predicted octanol–water partition coefficient (Wildman–Crippen LogP) is 3.94. The van der Waals surface area contributed by atoms with Crippen molar-refractivity contribution in [2.45, 2.75) is 259 Å². The Morgan fingerprint density at radius 2 is 0.770 bits per heavy atom. The summed E-state index contributed by atoms with van der Waals surface area (Å²) in [6.07, 6.45) is 17.6. The number of fused-ring (bicyclic) bond motifs is 4. The minimum absolute atomic E-state index is 0.0548. The van der Waals surface area contributed by atoms with Crippen molar-refractivity contribution in [2.24, 2.45) is 44.8 Å². The number of rotatable bonds is 27. The molecule has 6 fully saturated rings. The number of carbonyl (C=O) groups is 14. The zero-order valence-corrected chi connectivity index (χ0v) is 76.9. The third-order valence-electron chi connectivity index (χ3n) is 26.2. The van der Waals surface area contributed by atoms with Crippen LogP contribution in [0.3, 0.4) is 0 Å². The van der Waals surface area contributed by atoms with Gasteiger partial charge in [-0.15, -0.1) is 0 Å². The van der Waals surface area contributed by atoms with Crippen LogP contribution >= 0.6 is 0 Å². The number of aliphatic imine (C=N–C) groups is 2. The quantitative estimate of drug-likeness (QED) is 0.0197. The highest BCUT2D eigenvalue weighted by Crippen LogP contribution is 2.32. The number of benzene rings is 5. The summed E-state index contributed by atoms with van der Waals surface area (Å²) in [5.41, 5.74) is 27.4. The van der Waals surface area contributed by atoms with Gasteiger partial charge in [-0.25, -0.2) is 0 Å². The van der Waals surface area contributed by atoms with E-state index in [0.29, 0.717) is 56.9 Å². The highest BCUT2D eigenvalue weighted by atomic mass is 16.2. The number of guanidine groups is 2. The molecule has 14 amide bonds. The zero-order valence-electron chi connectivity index (χ0n) is 76.9. The van der Waals surface area contributed by atoms with Gasteiger partial charge in [0.2, 0.25) is 76.8 Å². The van der Waals surface area contributed by atoms with Crippen molar-refractivity contribution in [2.75, 3.05) is 39.3 Å². The van der Waals surface area contributed by atoms with Gasteiger partial charge in [-0.2, -0.15) is 0 Å². The smallest absolute Gasteiger partial charge is 0.251 e. The van der Waals surface area contributed by atoms with E-state index in [0.717, 1.165) is 108 Å². The second-order valence-electron chi connectivity index (χ2n) is 36.3. The predicted molar refractivity (Wildman–Crippen MR) is 511 cm³/mol. The number of para-hydroxylation sites is 2. The lowest BCUT2D eigenvalue weighted by molar-refractivity contribution is -0.142. The number of nitrogens with one attached hydrogen (secondary N) is 14. The molecule has 4 saturated heterocycles. The van der Waals surface area contributed by atoms with Gasteiger partial charge in [0, 0.05) is 112 Å². The molecule has 135 heavy (non-hydrogen) atoms. The van der Waals surface area contributed by atoms with E-state index in [2.05, 4.69) is 83.8 Å².